The van der Waals surface area contributed by atoms with Crippen LogP contribution < -0.4 is 20.3 Å². The van der Waals surface area contributed by atoms with Crippen molar-refractivity contribution in [3.63, 3.8) is 0 Å². The van der Waals surface area contributed by atoms with Gasteiger partial charge in [-0.15, -0.1) is 0 Å². The average molecular weight is 464 g/mol. The summed E-state index contributed by atoms with van der Waals surface area (Å²) in [6, 6.07) is 5.40. The van der Waals surface area contributed by atoms with Gasteiger partial charge in [0.15, 0.2) is 0 Å². The van der Waals surface area contributed by atoms with Crippen molar-refractivity contribution in [1.82, 2.24) is 9.55 Å². The van der Waals surface area contributed by atoms with E-state index in [0.29, 0.717) is 38.1 Å². The number of benzene rings is 1. The summed E-state index contributed by atoms with van der Waals surface area (Å²) in [5, 5.41) is 14.2. The molecular weight excluding hydrogens is 441 g/mol. The predicted octanol–water partition coefficient (Wildman–Crippen LogP) is 4.77. The number of fused-ring (bicyclic) bond motifs is 1. The molecule has 0 amide bonds. The maximum absolute atomic E-state index is 13.5. The second-order valence-electron chi connectivity index (χ2n) is 7.40. The summed E-state index contributed by atoms with van der Waals surface area (Å²) >= 11 is 12.7. The van der Waals surface area contributed by atoms with Crippen LogP contribution in [0.1, 0.15) is 25.7 Å². The molecule has 3 aromatic rings. The zero-order chi connectivity index (χ0) is 22.0. The number of hydrogen-bond acceptors (Lipinski definition) is 6. The number of nitrogens with zero attached hydrogens (tertiary/aromatic N) is 2. The van der Waals surface area contributed by atoms with Crippen LogP contribution >= 0.6 is 23.2 Å². The fraction of sp³-hybridized carbons (Fsp3) is 0.364. The Morgan fingerprint density at radius 1 is 1.19 bits per heavy atom. The lowest BCUT2D eigenvalue weighted by atomic mass is 10.1. The monoisotopic (exact) mass is 463 g/mol. The lowest BCUT2D eigenvalue weighted by Crippen LogP contribution is -2.27. The first-order valence-electron chi connectivity index (χ1n) is 10.1. The van der Waals surface area contributed by atoms with Crippen LogP contribution in [0.4, 0.5) is 11.4 Å². The van der Waals surface area contributed by atoms with Gasteiger partial charge in [-0.3, -0.25) is 9.78 Å². The number of methoxy groups -OCH3 is 1. The molecule has 0 bridgehead atoms. The standard InChI is InChI=1S/C22H23Cl2N3O4/c1-30-14-6-7-15-18(10-14)27(8-9-28)22(29)21(31-13-4-2-3-5-13)19(15)26-20-16(23)11-25-12-17(20)24/h6-7,10-13,28H,2-5,8-9H2,1H3,(H,25,26). The fourth-order valence-electron chi connectivity index (χ4n) is 3.92. The lowest BCUT2D eigenvalue weighted by molar-refractivity contribution is 0.206. The van der Waals surface area contributed by atoms with Crippen LogP contribution in [-0.4, -0.2) is 34.5 Å². The fourth-order valence-corrected chi connectivity index (χ4v) is 4.38. The van der Waals surface area contributed by atoms with Gasteiger partial charge >= 0.3 is 0 Å². The Hall–Kier alpha value is -2.48. The first-order chi connectivity index (χ1) is 15.0. The normalized spacial score (nSPS) is 14.2. The van der Waals surface area contributed by atoms with E-state index < -0.39 is 0 Å². The molecule has 1 saturated carbocycles. The molecule has 9 heteroatoms. The van der Waals surface area contributed by atoms with Crippen LogP contribution in [0, 0.1) is 0 Å². The Kier molecular flexibility index (Phi) is 6.55. The van der Waals surface area contributed by atoms with E-state index in [1.807, 2.05) is 6.07 Å². The molecule has 164 valence electrons. The molecule has 2 N–H and O–H groups in total. The number of hydrogen-bond donors (Lipinski definition) is 2. The van der Waals surface area contributed by atoms with Crippen molar-refractivity contribution in [2.45, 2.75) is 38.3 Å². The van der Waals surface area contributed by atoms with Gasteiger partial charge in [0, 0.05) is 30.4 Å². The lowest BCUT2D eigenvalue weighted by Gasteiger charge is -2.22. The molecule has 7 nitrogen and oxygen atoms in total. The first-order valence-corrected chi connectivity index (χ1v) is 10.9. The van der Waals surface area contributed by atoms with E-state index in [0.717, 1.165) is 25.7 Å². The van der Waals surface area contributed by atoms with Gasteiger partial charge in [-0.2, -0.15) is 0 Å². The minimum Gasteiger partial charge on any atom is -0.497 e. The number of anilines is 2. The van der Waals surface area contributed by atoms with Crippen LogP contribution in [0.15, 0.2) is 35.4 Å². The summed E-state index contributed by atoms with van der Waals surface area (Å²) in [7, 11) is 1.56. The van der Waals surface area contributed by atoms with Crippen molar-refractivity contribution in [1.29, 1.82) is 0 Å². The highest BCUT2D eigenvalue weighted by atomic mass is 35.5. The molecule has 2 aromatic heterocycles. The largest absolute Gasteiger partial charge is 0.497 e. The topological polar surface area (TPSA) is 85.6 Å². The van der Waals surface area contributed by atoms with E-state index in [2.05, 4.69) is 10.3 Å². The van der Waals surface area contributed by atoms with Gasteiger partial charge in [0.1, 0.15) is 5.75 Å². The number of halogens is 2. The van der Waals surface area contributed by atoms with Crippen LogP contribution in [-0.2, 0) is 6.54 Å². The molecule has 2 heterocycles. The number of aliphatic hydroxyl groups is 1. The molecule has 1 aliphatic rings. The first kappa shape index (κ1) is 21.7. The van der Waals surface area contributed by atoms with Crippen molar-refractivity contribution >= 4 is 45.5 Å². The molecule has 0 atom stereocenters. The zero-order valence-corrected chi connectivity index (χ0v) is 18.5. The Morgan fingerprint density at radius 2 is 1.90 bits per heavy atom. The van der Waals surface area contributed by atoms with Crippen molar-refractivity contribution in [3.8, 4) is 11.5 Å². The number of aromatic nitrogens is 2. The number of rotatable bonds is 7. The minimum atomic E-state index is -0.342. The number of aliphatic hydroxyl groups excluding tert-OH is 1. The minimum absolute atomic E-state index is 0.0464. The quantitative estimate of drug-likeness (QED) is 0.524. The maximum atomic E-state index is 13.5. The molecular formula is C22H23Cl2N3O4. The summed E-state index contributed by atoms with van der Waals surface area (Å²) < 4.78 is 13.1. The smallest absolute Gasteiger partial charge is 0.295 e. The van der Waals surface area contributed by atoms with Crippen LogP contribution in [0.2, 0.25) is 10.0 Å². The van der Waals surface area contributed by atoms with E-state index in [1.54, 1.807) is 19.2 Å². The molecule has 0 radical (unpaired) electrons. The summed E-state index contributed by atoms with van der Waals surface area (Å²) in [5.74, 6) is 0.774. The van der Waals surface area contributed by atoms with E-state index in [-0.39, 0.29) is 30.6 Å². The van der Waals surface area contributed by atoms with Gasteiger partial charge in [-0.05, 0) is 37.8 Å². The third kappa shape index (κ3) is 4.31. The van der Waals surface area contributed by atoms with Crippen molar-refractivity contribution in [2.24, 2.45) is 0 Å². The Morgan fingerprint density at radius 3 is 2.55 bits per heavy atom. The van der Waals surface area contributed by atoms with E-state index in [9.17, 15) is 9.90 Å². The molecule has 1 aromatic carbocycles. The van der Waals surface area contributed by atoms with Gasteiger partial charge in [0.05, 0.1) is 46.8 Å². The third-order valence-electron chi connectivity index (χ3n) is 5.45. The van der Waals surface area contributed by atoms with Gasteiger partial charge in [-0.1, -0.05) is 23.2 Å². The van der Waals surface area contributed by atoms with Crippen LogP contribution in [0.25, 0.3) is 10.9 Å². The molecule has 1 fully saturated rings. The number of ether oxygens (including phenoxy) is 2. The van der Waals surface area contributed by atoms with Crippen molar-refractivity contribution in [2.75, 3.05) is 19.0 Å². The molecule has 0 saturated heterocycles. The Balaban J connectivity index is 1.97. The Bertz CT molecular complexity index is 1140. The van der Waals surface area contributed by atoms with Crippen LogP contribution in [0.5, 0.6) is 11.5 Å². The number of nitrogens with one attached hydrogen (secondary N) is 1. The van der Waals surface area contributed by atoms with E-state index in [1.165, 1.54) is 17.0 Å². The second kappa shape index (κ2) is 9.34. The molecule has 0 unspecified atom stereocenters. The molecule has 1 aliphatic carbocycles. The second-order valence-corrected chi connectivity index (χ2v) is 8.21. The van der Waals surface area contributed by atoms with Crippen molar-refractivity contribution < 1.29 is 14.6 Å². The maximum Gasteiger partial charge on any atom is 0.295 e. The molecule has 31 heavy (non-hydrogen) atoms. The van der Waals surface area contributed by atoms with Gasteiger partial charge in [-0.25, -0.2) is 0 Å². The predicted molar refractivity (Wildman–Crippen MR) is 122 cm³/mol. The molecule has 0 spiro atoms. The number of pyridine rings is 2. The van der Waals surface area contributed by atoms with E-state index in [4.69, 9.17) is 32.7 Å². The van der Waals surface area contributed by atoms with Gasteiger partial charge < -0.3 is 24.5 Å². The van der Waals surface area contributed by atoms with E-state index >= 15 is 0 Å². The third-order valence-corrected chi connectivity index (χ3v) is 6.02. The van der Waals surface area contributed by atoms with Crippen LogP contribution in [0.3, 0.4) is 0 Å². The highest BCUT2D eigenvalue weighted by molar-refractivity contribution is 6.39. The summed E-state index contributed by atoms with van der Waals surface area (Å²) in [5.41, 5.74) is 1.16. The summed E-state index contributed by atoms with van der Waals surface area (Å²) in [6.07, 6.45) is 6.80. The SMILES string of the molecule is COc1ccc2c(Nc3c(Cl)cncc3Cl)c(OC3CCCC3)c(=O)n(CCO)c2c1. The zero-order valence-electron chi connectivity index (χ0n) is 17.0. The van der Waals surface area contributed by atoms with Gasteiger partial charge in [0.25, 0.3) is 5.56 Å². The average Bonchev–Trinajstić information content (AvgIpc) is 3.28. The molecule has 4 rings (SSSR count). The van der Waals surface area contributed by atoms with Crippen molar-refractivity contribution in [3.05, 3.63) is 51.0 Å². The molecule has 0 aliphatic heterocycles. The van der Waals surface area contributed by atoms with Gasteiger partial charge in [0.2, 0.25) is 5.75 Å². The highest BCUT2D eigenvalue weighted by Crippen LogP contribution is 2.40. The summed E-state index contributed by atoms with van der Waals surface area (Å²) in [4.78, 5) is 17.5. The summed E-state index contributed by atoms with van der Waals surface area (Å²) in [6.45, 7) is -0.0650. The Labute approximate surface area is 189 Å². The highest BCUT2D eigenvalue weighted by Gasteiger charge is 2.25.